The summed E-state index contributed by atoms with van der Waals surface area (Å²) >= 11 is 1.57. The third kappa shape index (κ3) is 3.06. The third-order valence-corrected chi connectivity index (χ3v) is 2.17. The highest BCUT2D eigenvalue weighted by Crippen LogP contribution is 2.17. The number of nitrogens with one attached hydrogen (secondary N) is 1. The summed E-state index contributed by atoms with van der Waals surface area (Å²) < 4.78 is 0. The number of nitrogens with zero attached hydrogens (tertiary/aromatic N) is 1. The van der Waals surface area contributed by atoms with Gasteiger partial charge in [0.1, 0.15) is 0 Å². The van der Waals surface area contributed by atoms with Crippen LogP contribution in [0.4, 0.5) is 0 Å². The van der Waals surface area contributed by atoms with Crippen molar-refractivity contribution in [2.75, 3.05) is 7.11 Å². The number of hydroxylamine groups is 1. The van der Waals surface area contributed by atoms with Crippen LogP contribution in [-0.4, -0.2) is 24.5 Å². The molecule has 1 amide bonds. The first-order chi connectivity index (χ1) is 5.83. The predicted molar refractivity (Wildman–Crippen MR) is 48.8 cm³/mol. The third-order valence-electron chi connectivity index (χ3n) is 1.26. The summed E-state index contributed by atoms with van der Waals surface area (Å²) in [7, 11) is 1.42. The monoisotopic (exact) mass is 186 g/mol. The maximum absolute atomic E-state index is 11.0. The standard InChI is InChI=1S/C7H10N2O2S/c1-11-9-7(10)4-6-5-8-2-3-12-6/h2-3,5-6H,4H2,1H3,(H,9,10). The van der Waals surface area contributed by atoms with Gasteiger partial charge in [-0.05, 0) is 5.41 Å². The SMILES string of the molecule is CONC(=O)CC1C=NC=CS1. The summed E-state index contributed by atoms with van der Waals surface area (Å²) in [5, 5.41) is 2.00. The van der Waals surface area contributed by atoms with E-state index in [1.165, 1.54) is 7.11 Å². The van der Waals surface area contributed by atoms with Crippen molar-refractivity contribution in [3.05, 3.63) is 11.6 Å². The Bertz CT molecular complexity index is 215. The molecule has 1 unspecified atom stereocenters. The number of rotatable bonds is 3. The summed E-state index contributed by atoms with van der Waals surface area (Å²) in [6.45, 7) is 0. The van der Waals surface area contributed by atoms with Gasteiger partial charge in [-0.15, -0.1) is 11.8 Å². The lowest BCUT2D eigenvalue weighted by atomic mass is 10.3. The van der Waals surface area contributed by atoms with Gasteiger partial charge >= 0.3 is 0 Å². The molecular weight excluding hydrogens is 176 g/mol. The molecule has 0 saturated heterocycles. The molecule has 1 heterocycles. The number of carbonyl (C=O) groups excluding carboxylic acids is 1. The van der Waals surface area contributed by atoms with Crippen LogP contribution in [0.25, 0.3) is 0 Å². The van der Waals surface area contributed by atoms with Gasteiger partial charge in [-0.25, -0.2) is 5.48 Å². The van der Waals surface area contributed by atoms with Crippen LogP contribution in [-0.2, 0) is 9.63 Å². The van der Waals surface area contributed by atoms with E-state index in [0.717, 1.165) is 0 Å². The molecule has 0 spiro atoms. The first-order valence-corrected chi connectivity index (χ1v) is 4.43. The Morgan fingerprint density at radius 3 is 3.25 bits per heavy atom. The lowest BCUT2D eigenvalue weighted by molar-refractivity contribution is -0.131. The molecular formula is C7H10N2O2S. The Labute approximate surface area is 75.0 Å². The quantitative estimate of drug-likeness (QED) is 0.660. The molecule has 1 N–H and O–H groups in total. The lowest BCUT2D eigenvalue weighted by Gasteiger charge is -2.09. The minimum absolute atomic E-state index is 0.128. The second kappa shape index (κ2) is 4.95. The summed E-state index contributed by atoms with van der Waals surface area (Å²) in [6.07, 6.45) is 3.85. The zero-order chi connectivity index (χ0) is 8.81. The maximum Gasteiger partial charge on any atom is 0.245 e. The van der Waals surface area contributed by atoms with Gasteiger partial charge in [0, 0.05) is 18.8 Å². The first-order valence-electron chi connectivity index (χ1n) is 3.48. The predicted octanol–water partition coefficient (Wildman–Crippen LogP) is 0.712. The van der Waals surface area contributed by atoms with E-state index in [1.807, 2.05) is 5.41 Å². The molecule has 0 aliphatic carbocycles. The first kappa shape index (κ1) is 9.28. The molecule has 12 heavy (non-hydrogen) atoms. The van der Waals surface area contributed by atoms with Crippen molar-refractivity contribution in [2.24, 2.45) is 4.99 Å². The van der Waals surface area contributed by atoms with Crippen LogP contribution >= 0.6 is 11.8 Å². The van der Waals surface area contributed by atoms with E-state index in [-0.39, 0.29) is 11.2 Å². The van der Waals surface area contributed by atoms with E-state index >= 15 is 0 Å². The summed E-state index contributed by atoms with van der Waals surface area (Å²) in [5.74, 6) is -0.128. The van der Waals surface area contributed by atoms with Gasteiger partial charge < -0.3 is 0 Å². The number of hydrogen-bond donors (Lipinski definition) is 1. The van der Waals surface area contributed by atoms with Crippen molar-refractivity contribution in [2.45, 2.75) is 11.7 Å². The van der Waals surface area contributed by atoms with Gasteiger partial charge in [0.25, 0.3) is 0 Å². The average Bonchev–Trinajstić information content (AvgIpc) is 2.06. The van der Waals surface area contributed by atoms with Crippen LogP contribution < -0.4 is 5.48 Å². The van der Waals surface area contributed by atoms with E-state index in [9.17, 15) is 4.79 Å². The van der Waals surface area contributed by atoms with Crippen molar-refractivity contribution < 1.29 is 9.63 Å². The zero-order valence-corrected chi connectivity index (χ0v) is 7.50. The number of carbonyl (C=O) groups is 1. The topological polar surface area (TPSA) is 50.7 Å². The highest BCUT2D eigenvalue weighted by Gasteiger charge is 2.12. The minimum Gasteiger partial charge on any atom is -0.277 e. The lowest BCUT2D eigenvalue weighted by Crippen LogP contribution is -2.25. The van der Waals surface area contributed by atoms with Crippen LogP contribution in [0.5, 0.6) is 0 Å². The van der Waals surface area contributed by atoms with Gasteiger partial charge in [0.05, 0.1) is 12.4 Å². The van der Waals surface area contributed by atoms with Crippen molar-refractivity contribution >= 4 is 23.9 Å². The fourth-order valence-electron chi connectivity index (χ4n) is 0.791. The molecule has 1 aliphatic rings. The Hall–Kier alpha value is -0.810. The van der Waals surface area contributed by atoms with E-state index in [4.69, 9.17) is 0 Å². The largest absolute Gasteiger partial charge is 0.277 e. The highest BCUT2D eigenvalue weighted by atomic mass is 32.2. The Morgan fingerprint density at radius 2 is 2.67 bits per heavy atom. The minimum atomic E-state index is -0.128. The number of hydrogen-bond acceptors (Lipinski definition) is 4. The van der Waals surface area contributed by atoms with Gasteiger partial charge in [-0.2, -0.15) is 0 Å². The van der Waals surface area contributed by atoms with Gasteiger partial charge in [-0.3, -0.25) is 14.6 Å². The average molecular weight is 186 g/mol. The fourth-order valence-corrected chi connectivity index (χ4v) is 1.52. The Morgan fingerprint density at radius 1 is 1.83 bits per heavy atom. The molecule has 5 heteroatoms. The molecule has 0 bridgehead atoms. The zero-order valence-electron chi connectivity index (χ0n) is 6.69. The van der Waals surface area contributed by atoms with Gasteiger partial charge in [0.15, 0.2) is 0 Å². The molecule has 0 radical (unpaired) electrons. The molecule has 0 fully saturated rings. The summed E-state index contributed by atoms with van der Waals surface area (Å²) in [5.41, 5.74) is 2.25. The summed E-state index contributed by atoms with van der Waals surface area (Å²) in [6, 6.07) is 0. The smallest absolute Gasteiger partial charge is 0.245 e. The van der Waals surface area contributed by atoms with Crippen molar-refractivity contribution in [1.82, 2.24) is 5.48 Å². The molecule has 0 aromatic carbocycles. The molecule has 0 aromatic rings. The molecule has 66 valence electrons. The second-order valence-corrected chi connectivity index (χ2v) is 3.34. The van der Waals surface area contributed by atoms with E-state index in [0.29, 0.717) is 6.42 Å². The van der Waals surface area contributed by atoms with Crippen LogP contribution in [0.2, 0.25) is 0 Å². The molecule has 0 aromatic heterocycles. The van der Waals surface area contributed by atoms with E-state index in [1.54, 1.807) is 24.2 Å². The number of amides is 1. The van der Waals surface area contributed by atoms with Crippen LogP contribution in [0.1, 0.15) is 6.42 Å². The van der Waals surface area contributed by atoms with Crippen molar-refractivity contribution in [1.29, 1.82) is 0 Å². The Balaban J connectivity index is 2.27. The van der Waals surface area contributed by atoms with Crippen molar-refractivity contribution in [3.8, 4) is 0 Å². The highest BCUT2D eigenvalue weighted by molar-refractivity contribution is 8.03. The number of aliphatic imine (C=N–C) groups is 1. The van der Waals surface area contributed by atoms with E-state index in [2.05, 4.69) is 15.3 Å². The van der Waals surface area contributed by atoms with Crippen LogP contribution in [0.15, 0.2) is 16.6 Å². The molecule has 0 saturated carbocycles. The Kier molecular flexibility index (Phi) is 3.83. The molecule has 4 nitrogen and oxygen atoms in total. The second-order valence-electron chi connectivity index (χ2n) is 2.19. The molecule has 1 rings (SSSR count). The van der Waals surface area contributed by atoms with E-state index < -0.39 is 0 Å². The van der Waals surface area contributed by atoms with Crippen molar-refractivity contribution in [3.63, 3.8) is 0 Å². The molecule has 1 aliphatic heterocycles. The fraction of sp³-hybridized carbons (Fsp3) is 0.429. The maximum atomic E-state index is 11.0. The van der Waals surface area contributed by atoms with Gasteiger partial charge in [0.2, 0.25) is 5.91 Å². The van der Waals surface area contributed by atoms with Gasteiger partial charge in [-0.1, -0.05) is 0 Å². The van der Waals surface area contributed by atoms with Crippen LogP contribution in [0, 0.1) is 0 Å². The number of thioether (sulfide) groups is 1. The van der Waals surface area contributed by atoms with Crippen LogP contribution in [0.3, 0.4) is 0 Å². The normalized spacial score (nSPS) is 20.9. The molecule has 1 atom stereocenters. The summed E-state index contributed by atoms with van der Waals surface area (Å²) in [4.78, 5) is 19.4.